The first-order chi connectivity index (χ1) is 6.75. The van der Waals surface area contributed by atoms with Crippen LogP contribution in [-0.4, -0.2) is 11.5 Å². The summed E-state index contributed by atoms with van der Waals surface area (Å²) in [5, 5.41) is 10.5. The van der Waals surface area contributed by atoms with Crippen LogP contribution in [0.4, 0.5) is 5.69 Å². The lowest BCUT2D eigenvalue weighted by atomic mass is 10.3. The highest BCUT2D eigenvalue weighted by atomic mass is 16.6. The molecule has 0 radical (unpaired) electrons. The van der Waals surface area contributed by atoms with Crippen LogP contribution in [0.25, 0.3) is 0 Å². The van der Waals surface area contributed by atoms with Gasteiger partial charge in [0.1, 0.15) is 6.61 Å². The molecule has 0 spiro atoms. The third-order valence-corrected chi connectivity index (χ3v) is 1.54. The van der Waals surface area contributed by atoms with E-state index in [9.17, 15) is 10.1 Å². The molecule has 0 bridgehead atoms. The molecule has 0 aliphatic heterocycles. The highest BCUT2D eigenvalue weighted by Gasteiger charge is 2.12. The van der Waals surface area contributed by atoms with E-state index in [-0.39, 0.29) is 18.0 Å². The maximum absolute atomic E-state index is 10.5. The Morgan fingerprint density at radius 1 is 1.50 bits per heavy atom. The molecular formula is C10H9NO3. The summed E-state index contributed by atoms with van der Waals surface area (Å²) in [5.41, 5.74) is -0.0367. The average Bonchev–Trinajstić information content (AvgIpc) is 2.19. The molecule has 0 saturated carbocycles. The number of rotatable bonds is 3. The predicted octanol–water partition coefficient (Wildman–Crippen LogP) is 2.00. The van der Waals surface area contributed by atoms with E-state index < -0.39 is 4.92 Å². The molecule has 0 fully saturated rings. The van der Waals surface area contributed by atoms with Crippen LogP contribution >= 0.6 is 0 Å². The van der Waals surface area contributed by atoms with E-state index in [0.717, 1.165) is 0 Å². The van der Waals surface area contributed by atoms with Crippen molar-refractivity contribution in [1.29, 1.82) is 0 Å². The molecule has 1 aromatic rings. The van der Waals surface area contributed by atoms with Crippen molar-refractivity contribution in [3.05, 3.63) is 34.4 Å². The van der Waals surface area contributed by atoms with Crippen LogP contribution in [-0.2, 0) is 0 Å². The lowest BCUT2D eigenvalue weighted by Gasteiger charge is -2.01. The smallest absolute Gasteiger partial charge is 0.310 e. The number of para-hydroxylation sites is 2. The predicted molar refractivity (Wildman–Crippen MR) is 52.0 cm³/mol. The molecule has 1 rings (SSSR count). The van der Waals surface area contributed by atoms with Gasteiger partial charge >= 0.3 is 5.69 Å². The first-order valence-corrected chi connectivity index (χ1v) is 4.01. The van der Waals surface area contributed by atoms with Gasteiger partial charge in [0.05, 0.1) is 4.92 Å². The summed E-state index contributed by atoms with van der Waals surface area (Å²) < 4.78 is 5.12. The van der Waals surface area contributed by atoms with Crippen LogP contribution in [0, 0.1) is 22.0 Å². The van der Waals surface area contributed by atoms with Gasteiger partial charge in [-0.3, -0.25) is 10.1 Å². The fourth-order valence-corrected chi connectivity index (χ4v) is 0.916. The zero-order valence-electron chi connectivity index (χ0n) is 7.69. The standard InChI is InChI=1S/C10H9NO3/c1-2-3-8-14-10-7-5-4-6-9(10)11(12)13/h4-7H,8H2,1H3. The van der Waals surface area contributed by atoms with Crippen molar-refractivity contribution in [2.24, 2.45) is 0 Å². The first kappa shape index (κ1) is 10.1. The Hall–Kier alpha value is -2.02. The maximum Gasteiger partial charge on any atom is 0.310 e. The number of benzene rings is 1. The fraction of sp³-hybridized carbons (Fsp3) is 0.200. The van der Waals surface area contributed by atoms with Crippen LogP contribution in [0.1, 0.15) is 6.92 Å². The number of ether oxygens (including phenoxy) is 1. The zero-order valence-corrected chi connectivity index (χ0v) is 7.69. The Balaban J connectivity index is 2.83. The second kappa shape index (κ2) is 4.87. The molecule has 0 heterocycles. The molecule has 4 heteroatoms. The van der Waals surface area contributed by atoms with Gasteiger partial charge in [-0.15, -0.1) is 5.92 Å². The van der Waals surface area contributed by atoms with Crippen LogP contribution in [0.2, 0.25) is 0 Å². The Morgan fingerprint density at radius 3 is 2.86 bits per heavy atom. The SMILES string of the molecule is CC#CCOc1ccccc1[N+](=O)[O-]. The summed E-state index contributed by atoms with van der Waals surface area (Å²) in [4.78, 5) is 10.1. The van der Waals surface area contributed by atoms with Gasteiger partial charge in [-0.25, -0.2) is 0 Å². The van der Waals surface area contributed by atoms with E-state index in [1.54, 1.807) is 25.1 Å². The Morgan fingerprint density at radius 2 is 2.21 bits per heavy atom. The third-order valence-electron chi connectivity index (χ3n) is 1.54. The highest BCUT2D eigenvalue weighted by Crippen LogP contribution is 2.25. The second-order valence-corrected chi connectivity index (χ2v) is 2.44. The highest BCUT2D eigenvalue weighted by molar-refractivity contribution is 5.45. The van der Waals surface area contributed by atoms with Crippen LogP contribution in [0.5, 0.6) is 5.75 Å². The molecule has 4 nitrogen and oxygen atoms in total. The van der Waals surface area contributed by atoms with Crippen LogP contribution < -0.4 is 4.74 Å². The summed E-state index contributed by atoms with van der Waals surface area (Å²) in [6.45, 7) is 1.85. The Bertz CT molecular complexity index is 390. The van der Waals surface area contributed by atoms with Gasteiger partial charge in [0.2, 0.25) is 0 Å². The quantitative estimate of drug-likeness (QED) is 0.417. The lowest BCUT2D eigenvalue weighted by molar-refractivity contribution is -0.385. The third kappa shape index (κ3) is 2.49. The van der Waals surface area contributed by atoms with Crippen molar-refractivity contribution in [3.8, 4) is 17.6 Å². The van der Waals surface area contributed by atoms with E-state index in [1.165, 1.54) is 6.07 Å². The van der Waals surface area contributed by atoms with Crippen molar-refractivity contribution < 1.29 is 9.66 Å². The molecule has 0 aliphatic rings. The number of hydrogen-bond donors (Lipinski definition) is 0. The second-order valence-electron chi connectivity index (χ2n) is 2.44. The normalized spacial score (nSPS) is 8.64. The van der Waals surface area contributed by atoms with Crippen molar-refractivity contribution in [2.75, 3.05) is 6.61 Å². The van der Waals surface area contributed by atoms with Gasteiger partial charge < -0.3 is 4.74 Å². The molecule has 0 aliphatic carbocycles. The summed E-state index contributed by atoms with van der Waals surface area (Å²) in [7, 11) is 0. The molecule has 0 atom stereocenters. The van der Waals surface area contributed by atoms with Crippen LogP contribution in [0.3, 0.4) is 0 Å². The van der Waals surface area contributed by atoms with Crippen molar-refractivity contribution in [3.63, 3.8) is 0 Å². The molecule has 0 amide bonds. The van der Waals surface area contributed by atoms with Gasteiger partial charge in [-0.05, 0) is 13.0 Å². The molecule has 72 valence electrons. The van der Waals surface area contributed by atoms with E-state index in [1.807, 2.05) is 0 Å². The molecule has 0 aromatic heterocycles. The molecule has 14 heavy (non-hydrogen) atoms. The van der Waals surface area contributed by atoms with E-state index in [2.05, 4.69) is 11.8 Å². The first-order valence-electron chi connectivity index (χ1n) is 4.01. The molecule has 0 unspecified atom stereocenters. The molecule has 0 N–H and O–H groups in total. The molecule has 0 saturated heterocycles. The number of nitro groups is 1. The molecule has 1 aromatic carbocycles. The molecular weight excluding hydrogens is 182 g/mol. The number of nitro benzene ring substituents is 1. The minimum Gasteiger partial charge on any atom is -0.474 e. The van der Waals surface area contributed by atoms with E-state index in [0.29, 0.717) is 0 Å². The van der Waals surface area contributed by atoms with Gasteiger partial charge in [0, 0.05) is 6.07 Å². The summed E-state index contributed by atoms with van der Waals surface area (Å²) in [6, 6.07) is 6.22. The van der Waals surface area contributed by atoms with Gasteiger partial charge in [0.25, 0.3) is 0 Å². The topological polar surface area (TPSA) is 52.4 Å². The Labute approximate surface area is 81.7 Å². The average molecular weight is 191 g/mol. The van der Waals surface area contributed by atoms with Crippen LogP contribution in [0.15, 0.2) is 24.3 Å². The summed E-state index contributed by atoms with van der Waals surface area (Å²) in [6.07, 6.45) is 0. The van der Waals surface area contributed by atoms with Gasteiger partial charge in [-0.1, -0.05) is 18.1 Å². The van der Waals surface area contributed by atoms with Gasteiger partial charge in [0.15, 0.2) is 5.75 Å². The van der Waals surface area contributed by atoms with Gasteiger partial charge in [-0.2, -0.15) is 0 Å². The minimum absolute atomic E-state index is 0.0367. The number of nitrogens with zero attached hydrogens (tertiary/aromatic N) is 1. The fourth-order valence-electron chi connectivity index (χ4n) is 0.916. The van der Waals surface area contributed by atoms with Crippen molar-refractivity contribution >= 4 is 5.69 Å². The lowest BCUT2D eigenvalue weighted by Crippen LogP contribution is -1.98. The summed E-state index contributed by atoms with van der Waals surface area (Å²) >= 11 is 0. The largest absolute Gasteiger partial charge is 0.474 e. The minimum atomic E-state index is -0.477. The maximum atomic E-state index is 10.5. The monoisotopic (exact) mass is 191 g/mol. The van der Waals surface area contributed by atoms with E-state index in [4.69, 9.17) is 4.74 Å². The number of hydrogen-bond acceptors (Lipinski definition) is 3. The van der Waals surface area contributed by atoms with Crippen molar-refractivity contribution in [2.45, 2.75) is 6.92 Å². The van der Waals surface area contributed by atoms with E-state index >= 15 is 0 Å². The zero-order chi connectivity index (χ0) is 10.4. The summed E-state index contributed by atoms with van der Waals surface area (Å²) in [5.74, 6) is 5.56. The van der Waals surface area contributed by atoms with Crippen molar-refractivity contribution in [1.82, 2.24) is 0 Å². The Kier molecular flexibility index (Phi) is 3.50.